The van der Waals surface area contributed by atoms with Gasteiger partial charge in [-0.1, -0.05) is 36.8 Å². The maximum Gasteiger partial charge on any atom is 0.270 e. The van der Waals surface area contributed by atoms with Crippen molar-refractivity contribution in [1.82, 2.24) is 4.72 Å². The fourth-order valence-corrected chi connectivity index (χ4v) is 3.95. The molecule has 0 radical (unpaired) electrons. The summed E-state index contributed by atoms with van der Waals surface area (Å²) in [6.45, 7) is 0. The second-order valence-corrected chi connectivity index (χ2v) is 7.99. The Bertz CT molecular complexity index is 1330. The molecule has 9 nitrogen and oxygen atoms in total. The average molecular weight is 449 g/mol. The molecule has 0 saturated carbocycles. The van der Waals surface area contributed by atoms with E-state index in [4.69, 9.17) is 6.42 Å². The number of amides is 2. The predicted molar refractivity (Wildman–Crippen MR) is 116 cm³/mol. The third-order valence-electron chi connectivity index (χ3n) is 4.32. The van der Waals surface area contributed by atoms with Crippen molar-refractivity contribution in [3.05, 3.63) is 100 Å². The molecular formula is C22H15N3O6S. The molecule has 0 fully saturated rings. The molecule has 160 valence electrons. The van der Waals surface area contributed by atoms with Gasteiger partial charge in [-0.25, -0.2) is 18.0 Å². The van der Waals surface area contributed by atoms with Crippen LogP contribution in [0, 0.1) is 22.6 Å². The summed E-state index contributed by atoms with van der Waals surface area (Å²) in [6.07, 6.45) is 5.50. The highest BCUT2D eigenvalue weighted by Gasteiger charge is 2.27. The molecule has 0 heterocycles. The molecule has 2 amide bonds. The van der Waals surface area contributed by atoms with Gasteiger partial charge in [0.1, 0.15) is 4.90 Å². The monoisotopic (exact) mass is 449 g/mol. The lowest BCUT2D eigenvalue weighted by Gasteiger charge is -2.19. The summed E-state index contributed by atoms with van der Waals surface area (Å²) in [5.41, 5.74) is -0.231. The zero-order valence-electron chi connectivity index (χ0n) is 16.3. The van der Waals surface area contributed by atoms with Gasteiger partial charge in [-0.15, -0.1) is 0 Å². The molecule has 0 aliphatic carbocycles. The third-order valence-corrected chi connectivity index (χ3v) is 5.69. The molecule has 1 N–H and O–H groups in total. The molecule has 32 heavy (non-hydrogen) atoms. The Hall–Kier alpha value is -4.49. The van der Waals surface area contributed by atoms with E-state index in [-0.39, 0.29) is 22.5 Å². The number of benzene rings is 3. The zero-order valence-corrected chi connectivity index (χ0v) is 17.2. The van der Waals surface area contributed by atoms with E-state index in [0.29, 0.717) is 0 Å². The Morgan fingerprint density at radius 2 is 1.50 bits per heavy atom. The zero-order chi connectivity index (χ0) is 23.3. The Morgan fingerprint density at radius 3 is 2.09 bits per heavy atom. The molecule has 3 aromatic carbocycles. The van der Waals surface area contributed by atoms with Gasteiger partial charge in [0.2, 0.25) is 0 Å². The van der Waals surface area contributed by atoms with Crippen LogP contribution in [0.3, 0.4) is 0 Å². The number of nitro groups is 1. The molecule has 10 heteroatoms. The SMILES string of the molecule is C#CN(C(=O)c1ccccc1)c1ccccc1S(=O)(=O)NC(=O)c1ccc([N+](=O)[O-])cc1. The number of nitrogens with zero attached hydrogens (tertiary/aromatic N) is 2. The minimum absolute atomic E-state index is 0.106. The minimum Gasteiger partial charge on any atom is -0.268 e. The van der Waals surface area contributed by atoms with Gasteiger partial charge < -0.3 is 0 Å². The van der Waals surface area contributed by atoms with Crippen molar-refractivity contribution >= 4 is 33.2 Å². The van der Waals surface area contributed by atoms with Crippen LogP contribution >= 0.6 is 0 Å². The normalized spacial score (nSPS) is 10.6. The molecular weight excluding hydrogens is 434 g/mol. The van der Waals surface area contributed by atoms with Crippen molar-refractivity contribution in [2.24, 2.45) is 0 Å². The molecule has 0 aliphatic heterocycles. The van der Waals surface area contributed by atoms with Crippen LogP contribution in [0.2, 0.25) is 0 Å². The van der Waals surface area contributed by atoms with E-state index in [2.05, 4.69) is 6.04 Å². The van der Waals surface area contributed by atoms with E-state index < -0.39 is 31.7 Å². The summed E-state index contributed by atoms with van der Waals surface area (Å²) in [5.74, 6) is -1.63. The first kappa shape index (κ1) is 22.2. The number of anilines is 1. The van der Waals surface area contributed by atoms with Crippen LogP contribution in [0.15, 0.2) is 83.8 Å². The maximum atomic E-state index is 12.9. The number of terminal acetylenes is 1. The van der Waals surface area contributed by atoms with Crippen LogP contribution in [-0.2, 0) is 10.0 Å². The Labute approximate surface area is 183 Å². The number of para-hydroxylation sites is 1. The van der Waals surface area contributed by atoms with Crippen molar-refractivity contribution < 1.29 is 22.9 Å². The van der Waals surface area contributed by atoms with Gasteiger partial charge in [-0.05, 0) is 36.4 Å². The molecule has 0 unspecified atom stereocenters. The molecule has 3 rings (SSSR count). The first-order chi connectivity index (χ1) is 15.2. The number of carbonyl (C=O) groups excluding carboxylic acids is 2. The number of hydrogen-bond acceptors (Lipinski definition) is 6. The Kier molecular flexibility index (Phi) is 6.32. The van der Waals surface area contributed by atoms with Gasteiger partial charge in [0, 0.05) is 29.3 Å². The van der Waals surface area contributed by atoms with Gasteiger partial charge in [-0.3, -0.25) is 19.7 Å². The standard InChI is InChI=1S/C22H15N3O6S/c1-2-24(22(27)17-8-4-3-5-9-17)19-10-6-7-11-20(19)32(30,31)23-21(26)16-12-14-18(15-13-16)25(28)29/h1,3-15H,(H,23,26). The van der Waals surface area contributed by atoms with Gasteiger partial charge >= 0.3 is 0 Å². The largest absolute Gasteiger partial charge is 0.270 e. The summed E-state index contributed by atoms with van der Waals surface area (Å²) in [5, 5.41) is 10.7. The second kappa shape index (κ2) is 9.11. The maximum absolute atomic E-state index is 12.9. The number of non-ortho nitro benzene ring substituents is 1. The van der Waals surface area contributed by atoms with E-state index >= 15 is 0 Å². The number of hydrogen-bond donors (Lipinski definition) is 1. The highest BCUT2D eigenvalue weighted by atomic mass is 32.2. The first-order valence-corrected chi connectivity index (χ1v) is 10.5. The first-order valence-electron chi connectivity index (χ1n) is 9.01. The van der Waals surface area contributed by atoms with E-state index in [9.17, 15) is 28.1 Å². The molecule has 0 bridgehead atoms. The smallest absolute Gasteiger partial charge is 0.268 e. The highest BCUT2D eigenvalue weighted by Crippen LogP contribution is 2.26. The lowest BCUT2D eigenvalue weighted by Crippen LogP contribution is -2.33. The molecule has 0 saturated heterocycles. The lowest BCUT2D eigenvalue weighted by atomic mass is 10.2. The van der Waals surface area contributed by atoms with Crippen molar-refractivity contribution in [3.63, 3.8) is 0 Å². The second-order valence-electron chi connectivity index (χ2n) is 6.34. The number of rotatable bonds is 6. The molecule has 3 aromatic rings. The predicted octanol–water partition coefficient (Wildman–Crippen LogP) is 2.95. The molecule has 0 aliphatic rings. The fraction of sp³-hybridized carbons (Fsp3) is 0. The van der Waals surface area contributed by atoms with Crippen molar-refractivity contribution in [2.75, 3.05) is 4.90 Å². The van der Waals surface area contributed by atoms with Gasteiger partial charge in [0.15, 0.2) is 0 Å². The van der Waals surface area contributed by atoms with Crippen molar-refractivity contribution in [3.8, 4) is 12.5 Å². The summed E-state index contributed by atoms with van der Waals surface area (Å²) in [4.78, 5) is 35.8. The van der Waals surface area contributed by atoms with Crippen molar-refractivity contribution in [2.45, 2.75) is 4.90 Å². The van der Waals surface area contributed by atoms with Crippen LogP contribution in [0.5, 0.6) is 0 Å². The van der Waals surface area contributed by atoms with E-state index in [1.54, 1.807) is 18.2 Å². The molecule has 0 aromatic heterocycles. The van der Waals surface area contributed by atoms with Crippen LogP contribution in [0.4, 0.5) is 11.4 Å². The summed E-state index contributed by atoms with van der Waals surface area (Å²) in [6, 6.07) is 20.1. The minimum atomic E-state index is -4.46. The Balaban J connectivity index is 1.94. The quantitative estimate of drug-likeness (QED) is 0.267. The number of nitrogens with one attached hydrogen (secondary N) is 1. The lowest BCUT2D eigenvalue weighted by molar-refractivity contribution is -0.384. The van der Waals surface area contributed by atoms with Crippen LogP contribution in [0.1, 0.15) is 20.7 Å². The third kappa shape index (κ3) is 4.63. The van der Waals surface area contributed by atoms with Gasteiger partial charge in [0.25, 0.3) is 27.5 Å². The Morgan fingerprint density at radius 1 is 0.906 bits per heavy atom. The summed E-state index contributed by atoms with van der Waals surface area (Å²) < 4.78 is 27.8. The molecule has 0 atom stereocenters. The topological polar surface area (TPSA) is 127 Å². The fourth-order valence-electron chi connectivity index (χ4n) is 2.79. The van der Waals surface area contributed by atoms with E-state index in [1.807, 2.05) is 4.72 Å². The number of carbonyl (C=O) groups is 2. The summed E-state index contributed by atoms with van der Waals surface area (Å²) >= 11 is 0. The van der Waals surface area contributed by atoms with Crippen LogP contribution in [0.25, 0.3) is 0 Å². The average Bonchev–Trinajstić information content (AvgIpc) is 2.80. The van der Waals surface area contributed by atoms with Gasteiger partial charge in [-0.2, -0.15) is 0 Å². The van der Waals surface area contributed by atoms with E-state index in [1.165, 1.54) is 36.4 Å². The summed E-state index contributed by atoms with van der Waals surface area (Å²) in [7, 11) is -4.46. The van der Waals surface area contributed by atoms with E-state index in [0.717, 1.165) is 29.2 Å². The van der Waals surface area contributed by atoms with Gasteiger partial charge in [0.05, 0.1) is 10.6 Å². The molecule has 0 spiro atoms. The van der Waals surface area contributed by atoms with Crippen molar-refractivity contribution in [1.29, 1.82) is 0 Å². The number of sulfonamides is 1. The van der Waals surface area contributed by atoms with Crippen LogP contribution < -0.4 is 9.62 Å². The number of nitro benzene ring substituents is 1. The highest BCUT2D eigenvalue weighted by molar-refractivity contribution is 7.90. The van der Waals surface area contributed by atoms with Crippen LogP contribution in [-0.4, -0.2) is 25.2 Å².